The molecule has 0 aliphatic carbocycles. The van der Waals surface area contributed by atoms with Crippen LogP contribution in [0.2, 0.25) is 0 Å². The second-order valence-electron chi connectivity index (χ2n) is 6.56. The van der Waals surface area contributed by atoms with E-state index in [4.69, 9.17) is 0 Å². The van der Waals surface area contributed by atoms with Crippen LogP contribution in [0, 0.1) is 12.7 Å². The maximum atomic E-state index is 13.2. The number of aromatic nitrogens is 2. The molecule has 0 amide bonds. The Morgan fingerprint density at radius 1 is 1.20 bits per heavy atom. The molecule has 2 N–H and O–H groups in total. The molecule has 2 heterocycles. The third kappa shape index (κ3) is 5.83. The first-order chi connectivity index (χ1) is 13.8. The summed E-state index contributed by atoms with van der Waals surface area (Å²) in [6.07, 6.45) is -0.147. The van der Waals surface area contributed by atoms with E-state index in [0.29, 0.717) is 25.0 Å². The normalized spacial score (nSPS) is 12.0. The van der Waals surface area contributed by atoms with E-state index in [2.05, 4.69) is 20.6 Å². The van der Waals surface area contributed by atoms with Crippen LogP contribution in [-0.4, -0.2) is 28.9 Å². The van der Waals surface area contributed by atoms with Gasteiger partial charge in [-0.15, -0.1) is 24.0 Å². The number of hydrogen-bond donors (Lipinski definition) is 2. The molecule has 2 aromatic heterocycles. The van der Waals surface area contributed by atoms with Gasteiger partial charge in [-0.1, -0.05) is 12.1 Å². The summed E-state index contributed by atoms with van der Waals surface area (Å²) in [4.78, 5) is 8.59. The Morgan fingerprint density at radius 3 is 2.63 bits per heavy atom. The van der Waals surface area contributed by atoms with Gasteiger partial charge in [0, 0.05) is 39.0 Å². The fraction of sp³-hybridized carbons (Fsp3) is 0.300. The number of nitrogens with zero attached hydrogens (tertiary/aromatic N) is 3. The lowest BCUT2D eigenvalue weighted by molar-refractivity contribution is -0.138. The maximum Gasteiger partial charge on any atom is 0.416 e. The monoisotopic (exact) mass is 535 g/mol. The largest absolute Gasteiger partial charge is 0.416 e. The number of pyridine rings is 1. The average molecular weight is 535 g/mol. The Kier molecular flexibility index (Phi) is 8.04. The van der Waals surface area contributed by atoms with Crippen LogP contribution < -0.4 is 10.6 Å². The van der Waals surface area contributed by atoms with Gasteiger partial charge in [-0.25, -0.2) is 9.37 Å². The van der Waals surface area contributed by atoms with Crippen LogP contribution in [-0.2, 0) is 19.1 Å². The van der Waals surface area contributed by atoms with Crippen LogP contribution in [0.4, 0.5) is 17.6 Å². The topological polar surface area (TPSA) is 53.7 Å². The third-order valence-corrected chi connectivity index (χ3v) is 4.45. The van der Waals surface area contributed by atoms with Gasteiger partial charge in [-0.2, -0.15) is 13.2 Å². The number of aryl methyl sites for hydroxylation is 1. The number of aliphatic imine (C=N–C) groups is 1. The predicted octanol–water partition coefficient (Wildman–Crippen LogP) is 4.33. The Hall–Kier alpha value is -2.37. The molecular weight excluding hydrogens is 513 g/mol. The van der Waals surface area contributed by atoms with Crippen LogP contribution in [0.1, 0.15) is 22.4 Å². The summed E-state index contributed by atoms with van der Waals surface area (Å²) in [5.74, 6) is -0.575. The molecule has 5 nitrogen and oxygen atoms in total. The Labute approximate surface area is 188 Å². The quantitative estimate of drug-likeness (QED) is 0.222. The molecule has 0 fully saturated rings. The summed E-state index contributed by atoms with van der Waals surface area (Å²) in [6, 6.07) is 6.56. The molecule has 0 radical (unpaired) electrons. The minimum atomic E-state index is -4.63. The van der Waals surface area contributed by atoms with Crippen molar-refractivity contribution in [3.05, 3.63) is 70.9 Å². The number of guanidine groups is 1. The van der Waals surface area contributed by atoms with Crippen molar-refractivity contribution in [2.45, 2.75) is 26.1 Å². The first-order valence-corrected chi connectivity index (χ1v) is 9.01. The highest BCUT2D eigenvalue weighted by Crippen LogP contribution is 2.32. The van der Waals surface area contributed by atoms with E-state index in [-0.39, 0.29) is 36.1 Å². The molecule has 1 aromatic carbocycles. The number of nitrogens with one attached hydrogen (secondary N) is 2. The number of rotatable bonds is 5. The first-order valence-electron chi connectivity index (χ1n) is 9.01. The van der Waals surface area contributed by atoms with Gasteiger partial charge in [-0.05, 0) is 36.2 Å². The van der Waals surface area contributed by atoms with Gasteiger partial charge in [0.25, 0.3) is 0 Å². The second kappa shape index (κ2) is 10.1. The SMILES string of the molecule is CN=C(NCCc1cn2cccc(C)c2n1)NCc1ccc(F)cc1C(F)(F)F.I. The third-order valence-electron chi connectivity index (χ3n) is 4.45. The van der Waals surface area contributed by atoms with E-state index >= 15 is 0 Å². The predicted molar refractivity (Wildman–Crippen MR) is 119 cm³/mol. The highest BCUT2D eigenvalue weighted by molar-refractivity contribution is 14.0. The summed E-state index contributed by atoms with van der Waals surface area (Å²) in [7, 11) is 1.53. The Morgan fingerprint density at radius 2 is 1.97 bits per heavy atom. The molecule has 10 heteroatoms. The fourth-order valence-electron chi connectivity index (χ4n) is 3.00. The lowest BCUT2D eigenvalue weighted by Gasteiger charge is -2.15. The van der Waals surface area contributed by atoms with Crippen LogP contribution in [0.25, 0.3) is 5.65 Å². The lowest BCUT2D eigenvalue weighted by atomic mass is 10.1. The maximum absolute atomic E-state index is 13.2. The van der Waals surface area contributed by atoms with Crippen molar-refractivity contribution >= 4 is 35.6 Å². The summed E-state index contributed by atoms with van der Waals surface area (Å²) in [5, 5.41) is 5.88. The van der Waals surface area contributed by atoms with Gasteiger partial charge in [-0.3, -0.25) is 4.99 Å². The van der Waals surface area contributed by atoms with Crippen molar-refractivity contribution in [1.82, 2.24) is 20.0 Å². The van der Waals surface area contributed by atoms with E-state index in [0.717, 1.165) is 29.0 Å². The van der Waals surface area contributed by atoms with E-state index < -0.39 is 17.6 Å². The number of hydrogen-bond acceptors (Lipinski definition) is 2. The van der Waals surface area contributed by atoms with Crippen molar-refractivity contribution in [3.8, 4) is 0 Å². The van der Waals surface area contributed by atoms with Gasteiger partial charge in [0.2, 0.25) is 0 Å². The molecule has 0 saturated heterocycles. The first kappa shape index (κ1) is 23.9. The van der Waals surface area contributed by atoms with Gasteiger partial charge >= 0.3 is 6.18 Å². The smallest absolute Gasteiger partial charge is 0.356 e. The van der Waals surface area contributed by atoms with Crippen molar-refractivity contribution in [2.24, 2.45) is 4.99 Å². The molecule has 0 unspecified atom stereocenters. The number of imidazole rings is 1. The van der Waals surface area contributed by atoms with E-state index in [9.17, 15) is 17.6 Å². The van der Waals surface area contributed by atoms with Crippen LogP contribution in [0.15, 0.2) is 47.7 Å². The van der Waals surface area contributed by atoms with Gasteiger partial charge in [0.1, 0.15) is 11.5 Å². The summed E-state index contributed by atoms with van der Waals surface area (Å²) in [5.41, 5.74) is 1.79. The van der Waals surface area contributed by atoms with E-state index in [1.165, 1.54) is 7.05 Å². The van der Waals surface area contributed by atoms with Crippen LogP contribution in [0.3, 0.4) is 0 Å². The molecule has 0 spiro atoms. The molecule has 3 rings (SSSR count). The van der Waals surface area contributed by atoms with Crippen molar-refractivity contribution in [2.75, 3.05) is 13.6 Å². The van der Waals surface area contributed by atoms with Gasteiger partial charge < -0.3 is 15.0 Å². The second-order valence-corrected chi connectivity index (χ2v) is 6.56. The Bertz CT molecular complexity index is 1030. The fourth-order valence-corrected chi connectivity index (χ4v) is 3.00. The van der Waals surface area contributed by atoms with Gasteiger partial charge in [0.15, 0.2) is 5.96 Å². The van der Waals surface area contributed by atoms with E-state index in [1.54, 1.807) is 0 Å². The summed E-state index contributed by atoms with van der Waals surface area (Å²) < 4.78 is 54.4. The molecule has 0 aliphatic heterocycles. The zero-order valence-corrected chi connectivity index (χ0v) is 18.8. The summed E-state index contributed by atoms with van der Waals surface area (Å²) in [6.45, 7) is 2.35. The molecule has 0 aliphatic rings. The minimum absolute atomic E-state index is 0. The molecule has 0 saturated carbocycles. The van der Waals surface area contributed by atoms with Gasteiger partial charge in [0.05, 0.1) is 11.3 Å². The lowest BCUT2D eigenvalue weighted by Crippen LogP contribution is -2.38. The zero-order valence-electron chi connectivity index (χ0n) is 16.4. The highest BCUT2D eigenvalue weighted by Gasteiger charge is 2.33. The van der Waals surface area contributed by atoms with Crippen molar-refractivity contribution < 1.29 is 17.6 Å². The number of fused-ring (bicyclic) bond motifs is 1. The number of halogens is 5. The molecule has 3 aromatic rings. The number of benzene rings is 1. The molecule has 30 heavy (non-hydrogen) atoms. The molecule has 162 valence electrons. The highest BCUT2D eigenvalue weighted by atomic mass is 127. The van der Waals surface area contributed by atoms with Crippen LogP contribution >= 0.6 is 24.0 Å². The summed E-state index contributed by atoms with van der Waals surface area (Å²) >= 11 is 0. The van der Waals surface area contributed by atoms with Crippen LogP contribution in [0.5, 0.6) is 0 Å². The zero-order chi connectivity index (χ0) is 21.0. The van der Waals surface area contributed by atoms with Crippen molar-refractivity contribution in [3.63, 3.8) is 0 Å². The van der Waals surface area contributed by atoms with Crippen molar-refractivity contribution in [1.29, 1.82) is 0 Å². The molecule has 0 bridgehead atoms. The minimum Gasteiger partial charge on any atom is -0.356 e. The Balaban J connectivity index is 0.00000320. The van der Waals surface area contributed by atoms with E-state index in [1.807, 2.05) is 35.9 Å². The average Bonchev–Trinajstić information content (AvgIpc) is 3.09. The molecule has 0 atom stereocenters. The molecular formula is C20H22F4IN5. The number of alkyl halides is 3. The standard InChI is InChI=1S/C20H21F4N5.HI/c1-13-4-3-9-29-12-16(28-18(13)29)7-8-26-19(25-2)27-11-14-5-6-15(21)10-17(14)20(22,23)24;/h3-6,9-10,12H,7-8,11H2,1-2H3,(H2,25,26,27);1H.